The smallest absolute Gasteiger partial charge is 0.232 e. The van der Waals surface area contributed by atoms with Crippen molar-refractivity contribution >= 4 is 10.0 Å². The van der Waals surface area contributed by atoms with Gasteiger partial charge in [-0.2, -0.15) is 8.42 Å². The molecule has 4 nitrogen and oxygen atoms in total. The molecular formula is C10H9N2O2S+. The van der Waals surface area contributed by atoms with Crippen LogP contribution in [-0.4, -0.2) is 12.4 Å². The Morgan fingerprint density at radius 1 is 1.27 bits per heavy atom. The lowest BCUT2D eigenvalue weighted by molar-refractivity contribution is -0.659. The second-order valence-electron chi connectivity index (χ2n) is 3.53. The monoisotopic (exact) mass is 221 g/mol. The minimum absolute atomic E-state index is 0.385. The number of hydrogen-bond donors (Lipinski definition) is 0. The van der Waals surface area contributed by atoms with E-state index in [1.165, 1.54) is 3.97 Å². The summed E-state index contributed by atoms with van der Waals surface area (Å²) in [5.41, 5.74) is 0.769. The van der Waals surface area contributed by atoms with E-state index >= 15 is 0 Å². The summed E-state index contributed by atoms with van der Waals surface area (Å²) in [6, 6.07) is 7.04. The zero-order valence-electron chi connectivity index (χ0n) is 8.08. The molecular weight excluding hydrogens is 212 g/mol. The summed E-state index contributed by atoms with van der Waals surface area (Å²) >= 11 is 0. The van der Waals surface area contributed by atoms with Gasteiger partial charge in [-0.3, -0.25) is 0 Å². The second kappa shape index (κ2) is 2.49. The lowest BCUT2D eigenvalue weighted by Gasteiger charge is -1.92. The van der Waals surface area contributed by atoms with Crippen LogP contribution in [0.5, 0.6) is 0 Å². The summed E-state index contributed by atoms with van der Waals surface area (Å²) in [5, 5.41) is 0. The average Bonchev–Trinajstić information content (AvgIpc) is 2.69. The van der Waals surface area contributed by atoms with Crippen LogP contribution in [0.3, 0.4) is 0 Å². The van der Waals surface area contributed by atoms with Gasteiger partial charge in [-0.1, -0.05) is 12.1 Å². The molecule has 0 unspecified atom stereocenters. The molecule has 3 rings (SSSR count). The van der Waals surface area contributed by atoms with E-state index in [2.05, 4.69) is 0 Å². The van der Waals surface area contributed by atoms with E-state index in [1.807, 2.05) is 23.7 Å². The SMILES string of the molecule is C[n+]1ccn2c1-c1ccccc1S2(=O)=O. The predicted molar refractivity (Wildman–Crippen MR) is 53.6 cm³/mol. The topological polar surface area (TPSA) is 43.0 Å². The van der Waals surface area contributed by atoms with Crippen molar-refractivity contribution in [1.82, 2.24) is 3.97 Å². The molecule has 5 heteroatoms. The Morgan fingerprint density at radius 2 is 2.00 bits per heavy atom. The Hall–Kier alpha value is -1.62. The lowest BCUT2D eigenvalue weighted by Crippen LogP contribution is -2.27. The number of aromatic nitrogens is 2. The summed E-state index contributed by atoms with van der Waals surface area (Å²) < 4.78 is 27.2. The molecule has 2 aromatic rings. The van der Waals surface area contributed by atoms with Gasteiger partial charge in [0.15, 0.2) is 0 Å². The van der Waals surface area contributed by atoms with Gasteiger partial charge >= 0.3 is 15.8 Å². The molecule has 1 aliphatic heterocycles. The van der Waals surface area contributed by atoms with Crippen LogP contribution in [-0.2, 0) is 17.1 Å². The average molecular weight is 221 g/mol. The molecule has 0 N–H and O–H groups in total. The van der Waals surface area contributed by atoms with Crippen molar-refractivity contribution in [3.8, 4) is 11.4 Å². The third-order valence-electron chi connectivity index (χ3n) is 2.63. The number of rotatable bonds is 0. The minimum Gasteiger partial charge on any atom is -0.232 e. The highest BCUT2D eigenvalue weighted by Gasteiger charge is 2.40. The van der Waals surface area contributed by atoms with Crippen LogP contribution in [0.4, 0.5) is 0 Å². The van der Waals surface area contributed by atoms with Crippen molar-refractivity contribution in [1.29, 1.82) is 0 Å². The second-order valence-corrected chi connectivity index (χ2v) is 5.31. The molecule has 1 aromatic heterocycles. The predicted octanol–water partition coefficient (Wildman–Crippen LogP) is 0.530. The van der Waals surface area contributed by atoms with E-state index in [4.69, 9.17) is 0 Å². The standard InChI is InChI=1S/C10H9N2O2S/c1-11-6-7-12-10(11)8-4-2-3-5-9(8)15(12,13)14/h2-7H,1H3/q+1. The molecule has 0 fully saturated rings. The van der Waals surface area contributed by atoms with Crippen molar-refractivity contribution in [2.24, 2.45) is 7.05 Å². The summed E-state index contributed by atoms with van der Waals surface area (Å²) in [4.78, 5) is 0.385. The molecule has 76 valence electrons. The third-order valence-corrected chi connectivity index (χ3v) is 4.36. The van der Waals surface area contributed by atoms with Gasteiger partial charge in [-0.15, -0.1) is 3.97 Å². The molecule has 1 aromatic carbocycles. The zero-order chi connectivity index (χ0) is 10.6. The highest BCUT2D eigenvalue weighted by Crippen LogP contribution is 2.34. The number of aryl methyl sites for hydroxylation is 1. The molecule has 0 radical (unpaired) electrons. The first-order valence-corrected chi connectivity index (χ1v) is 5.98. The molecule has 2 heterocycles. The van der Waals surface area contributed by atoms with E-state index in [1.54, 1.807) is 24.5 Å². The number of fused-ring (bicyclic) bond motifs is 3. The van der Waals surface area contributed by atoms with Crippen LogP contribution in [0.15, 0.2) is 41.6 Å². The van der Waals surface area contributed by atoms with E-state index in [0.717, 1.165) is 5.56 Å². The van der Waals surface area contributed by atoms with E-state index in [-0.39, 0.29) is 0 Å². The van der Waals surface area contributed by atoms with Gasteiger partial charge < -0.3 is 0 Å². The quantitative estimate of drug-likeness (QED) is 0.520. The number of hydrogen-bond acceptors (Lipinski definition) is 2. The van der Waals surface area contributed by atoms with Crippen LogP contribution in [0, 0.1) is 0 Å². The summed E-state index contributed by atoms with van der Waals surface area (Å²) in [7, 11) is -1.51. The Bertz CT molecular complexity index is 656. The van der Waals surface area contributed by atoms with E-state index < -0.39 is 10.0 Å². The fourth-order valence-corrected chi connectivity index (χ4v) is 3.51. The van der Waals surface area contributed by atoms with Crippen molar-refractivity contribution < 1.29 is 13.0 Å². The molecule has 15 heavy (non-hydrogen) atoms. The van der Waals surface area contributed by atoms with Crippen LogP contribution >= 0.6 is 0 Å². The van der Waals surface area contributed by atoms with Crippen molar-refractivity contribution in [2.45, 2.75) is 4.90 Å². The van der Waals surface area contributed by atoms with Gasteiger partial charge in [0.25, 0.3) is 0 Å². The van der Waals surface area contributed by atoms with Crippen molar-refractivity contribution in [3.05, 3.63) is 36.7 Å². The molecule has 0 amide bonds. The van der Waals surface area contributed by atoms with Crippen LogP contribution in [0.1, 0.15) is 0 Å². The van der Waals surface area contributed by atoms with Crippen LogP contribution in [0.2, 0.25) is 0 Å². The van der Waals surface area contributed by atoms with E-state index in [9.17, 15) is 8.42 Å². The molecule has 1 aliphatic rings. The molecule has 0 aliphatic carbocycles. The summed E-state index contributed by atoms with van der Waals surface area (Å²) in [6.45, 7) is 0. The van der Waals surface area contributed by atoms with Gasteiger partial charge in [-0.25, -0.2) is 4.57 Å². The summed E-state index contributed by atoms with van der Waals surface area (Å²) in [5.74, 6) is 0.714. The maximum absolute atomic E-state index is 12.0. The Kier molecular flexibility index (Phi) is 1.44. The van der Waals surface area contributed by atoms with E-state index in [0.29, 0.717) is 10.7 Å². The highest BCUT2D eigenvalue weighted by atomic mass is 32.2. The fourth-order valence-electron chi connectivity index (χ4n) is 1.94. The van der Waals surface area contributed by atoms with Crippen molar-refractivity contribution in [2.75, 3.05) is 0 Å². The Balaban J connectivity index is 2.55. The Labute approximate surface area is 87.5 Å². The maximum atomic E-state index is 12.0. The van der Waals surface area contributed by atoms with Gasteiger partial charge in [-0.05, 0) is 12.1 Å². The normalized spacial score (nSPS) is 16.1. The Morgan fingerprint density at radius 3 is 2.80 bits per heavy atom. The number of benzene rings is 1. The first-order chi connectivity index (χ1) is 7.12. The van der Waals surface area contributed by atoms with Crippen LogP contribution in [0.25, 0.3) is 11.4 Å². The summed E-state index contributed by atoms with van der Waals surface area (Å²) in [6.07, 6.45) is 3.31. The maximum Gasteiger partial charge on any atom is 0.336 e. The zero-order valence-corrected chi connectivity index (χ0v) is 8.90. The van der Waals surface area contributed by atoms with Gasteiger partial charge in [0.05, 0.1) is 12.6 Å². The van der Waals surface area contributed by atoms with Crippen molar-refractivity contribution in [3.63, 3.8) is 0 Å². The first-order valence-electron chi connectivity index (χ1n) is 4.54. The lowest BCUT2D eigenvalue weighted by atomic mass is 10.2. The minimum atomic E-state index is -3.35. The van der Waals surface area contributed by atoms with Gasteiger partial charge in [0, 0.05) is 0 Å². The van der Waals surface area contributed by atoms with Crippen LogP contribution < -0.4 is 4.57 Å². The largest absolute Gasteiger partial charge is 0.336 e. The molecule has 0 saturated carbocycles. The fraction of sp³-hybridized carbons (Fsp3) is 0.100. The number of imidazole rings is 1. The third kappa shape index (κ3) is 0.906. The molecule has 0 spiro atoms. The number of nitrogens with zero attached hydrogens (tertiary/aromatic N) is 2. The van der Waals surface area contributed by atoms with Gasteiger partial charge in [0.2, 0.25) is 0 Å². The molecule has 0 saturated heterocycles. The van der Waals surface area contributed by atoms with Gasteiger partial charge in [0.1, 0.15) is 17.3 Å². The molecule has 0 atom stereocenters. The highest BCUT2D eigenvalue weighted by molar-refractivity contribution is 7.90. The first kappa shape index (κ1) is 8.67. The molecule has 0 bridgehead atoms.